The summed E-state index contributed by atoms with van der Waals surface area (Å²) in [7, 11) is 0. The van der Waals surface area contributed by atoms with Crippen molar-refractivity contribution < 1.29 is 14.0 Å². The zero-order valence-corrected chi connectivity index (χ0v) is 11.9. The molecule has 4 N–H and O–H groups in total. The number of carbonyl (C=O) groups is 2. The number of carbonyl (C=O) groups excluding carboxylic acids is 2. The lowest BCUT2D eigenvalue weighted by atomic mass is 9.99. The minimum absolute atomic E-state index is 0.0208. The van der Waals surface area contributed by atoms with Crippen molar-refractivity contribution in [1.29, 1.82) is 0 Å². The van der Waals surface area contributed by atoms with E-state index in [0.29, 0.717) is 5.69 Å². The second-order valence-corrected chi connectivity index (χ2v) is 4.78. The van der Waals surface area contributed by atoms with Crippen LogP contribution in [-0.4, -0.2) is 17.9 Å². The van der Waals surface area contributed by atoms with Gasteiger partial charge in [0.1, 0.15) is 5.82 Å². The molecule has 0 aliphatic carbocycles. The highest BCUT2D eigenvalue weighted by atomic mass is 19.1. The Morgan fingerprint density at radius 1 is 1.35 bits per heavy atom. The molecule has 0 aliphatic heterocycles. The second kappa shape index (κ2) is 7.00. The van der Waals surface area contributed by atoms with Crippen molar-refractivity contribution >= 4 is 23.2 Å². The summed E-state index contributed by atoms with van der Waals surface area (Å²) >= 11 is 0. The van der Waals surface area contributed by atoms with Gasteiger partial charge in [-0.3, -0.25) is 9.59 Å². The first-order valence-electron chi connectivity index (χ1n) is 6.48. The van der Waals surface area contributed by atoms with Gasteiger partial charge in [0.05, 0.1) is 11.7 Å². The van der Waals surface area contributed by atoms with Gasteiger partial charge in [0.2, 0.25) is 11.8 Å². The molecule has 2 atom stereocenters. The zero-order chi connectivity index (χ0) is 15.3. The lowest BCUT2D eigenvalue weighted by molar-refractivity contribution is -0.118. The van der Waals surface area contributed by atoms with E-state index in [1.807, 2.05) is 13.8 Å². The van der Waals surface area contributed by atoms with Gasteiger partial charge in [0.15, 0.2) is 0 Å². The molecule has 1 aromatic rings. The normalized spacial score (nSPS) is 13.4. The molecule has 110 valence electrons. The fourth-order valence-electron chi connectivity index (χ4n) is 1.63. The van der Waals surface area contributed by atoms with Gasteiger partial charge in [-0.1, -0.05) is 20.3 Å². The topological polar surface area (TPSA) is 84.2 Å². The van der Waals surface area contributed by atoms with Gasteiger partial charge in [-0.05, 0) is 24.1 Å². The van der Waals surface area contributed by atoms with Gasteiger partial charge in [-0.2, -0.15) is 0 Å². The summed E-state index contributed by atoms with van der Waals surface area (Å²) in [6.07, 6.45) is 0.787. The van der Waals surface area contributed by atoms with Gasteiger partial charge in [0, 0.05) is 12.6 Å². The number of benzene rings is 1. The lowest BCUT2D eigenvalue weighted by Crippen LogP contribution is -2.40. The molecule has 0 bridgehead atoms. The van der Waals surface area contributed by atoms with E-state index in [9.17, 15) is 14.0 Å². The maximum absolute atomic E-state index is 13.5. The van der Waals surface area contributed by atoms with Gasteiger partial charge in [-0.15, -0.1) is 0 Å². The quantitative estimate of drug-likeness (QED) is 0.772. The molecule has 0 heterocycles. The number of hydrogen-bond donors (Lipinski definition) is 3. The Balaban J connectivity index is 2.82. The molecular formula is C14H20FN3O2. The van der Waals surface area contributed by atoms with Gasteiger partial charge >= 0.3 is 0 Å². The van der Waals surface area contributed by atoms with Crippen LogP contribution in [0.4, 0.5) is 15.8 Å². The Hall–Kier alpha value is -1.95. The number of halogens is 1. The molecule has 0 saturated heterocycles. The van der Waals surface area contributed by atoms with Crippen LogP contribution in [0.2, 0.25) is 0 Å². The third-order valence-electron chi connectivity index (χ3n) is 3.10. The van der Waals surface area contributed by atoms with Crippen molar-refractivity contribution in [3.05, 3.63) is 24.0 Å². The van der Waals surface area contributed by atoms with E-state index in [2.05, 4.69) is 10.6 Å². The molecule has 0 radical (unpaired) electrons. The largest absolute Gasteiger partial charge is 0.325 e. The van der Waals surface area contributed by atoms with Gasteiger partial charge < -0.3 is 16.4 Å². The average molecular weight is 281 g/mol. The molecular weight excluding hydrogens is 261 g/mol. The predicted molar refractivity (Wildman–Crippen MR) is 76.8 cm³/mol. The van der Waals surface area contributed by atoms with Crippen LogP contribution in [0.25, 0.3) is 0 Å². The van der Waals surface area contributed by atoms with E-state index in [0.717, 1.165) is 6.42 Å². The molecule has 1 aromatic carbocycles. The van der Waals surface area contributed by atoms with E-state index in [4.69, 9.17) is 5.73 Å². The van der Waals surface area contributed by atoms with Crippen LogP contribution < -0.4 is 16.4 Å². The number of hydrogen-bond acceptors (Lipinski definition) is 3. The Morgan fingerprint density at radius 3 is 2.55 bits per heavy atom. The van der Waals surface area contributed by atoms with Crippen LogP contribution in [0.3, 0.4) is 0 Å². The summed E-state index contributed by atoms with van der Waals surface area (Å²) in [6, 6.07) is 3.32. The minimum atomic E-state index is -0.630. The van der Waals surface area contributed by atoms with Crippen molar-refractivity contribution in [2.24, 2.45) is 11.7 Å². The first-order valence-corrected chi connectivity index (χ1v) is 6.48. The molecule has 0 aliphatic rings. The van der Waals surface area contributed by atoms with Crippen LogP contribution in [0.5, 0.6) is 0 Å². The van der Waals surface area contributed by atoms with Crippen molar-refractivity contribution in [3.8, 4) is 0 Å². The maximum atomic E-state index is 13.5. The summed E-state index contributed by atoms with van der Waals surface area (Å²) in [4.78, 5) is 22.9. The predicted octanol–water partition coefficient (Wildman–Crippen LogP) is 2.10. The number of anilines is 2. The number of nitrogens with one attached hydrogen (secondary N) is 2. The lowest BCUT2D eigenvalue weighted by Gasteiger charge is -2.18. The molecule has 5 nitrogen and oxygen atoms in total. The maximum Gasteiger partial charge on any atom is 0.241 e. The number of rotatable bonds is 5. The Bertz CT molecular complexity index is 505. The smallest absolute Gasteiger partial charge is 0.241 e. The Labute approximate surface area is 117 Å². The molecule has 0 spiro atoms. The Morgan fingerprint density at radius 2 is 2.00 bits per heavy atom. The summed E-state index contributed by atoms with van der Waals surface area (Å²) in [6.45, 7) is 5.12. The van der Waals surface area contributed by atoms with E-state index in [1.165, 1.54) is 25.1 Å². The fraction of sp³-hybridized carbons (Fsp3) is 0.429. The third kappa shape index (κ3) is 4.31. The summed E-state index contributed by atoms with van der Waals surface area (Å²) in [5.41, 5.74) is 6.22. The average Bonchev–Trinajstić information content (AvgIpc) is 2.40. The van der Waals surface area contributed by atoms with Crippen molar-refractivity contribution in [2.45, 2.75) is 33.2 Å². The van der Waals surface area contributed by atoms with Crippen LogP contribution in [0, 0.1) is 11.7 Å². The van der Waals surface area contributed by atoms with E-state index >= 15 is 0 Å². The van der Waals surface area contributed by atoms with Crippen molar-refractivity contribution in [2.75, 3.05) is 10.6 Å². The molecule has 0 aromatic heterocycles. The standard InChI is InChI=1S/C14H20FN3O2/c1-4-8(2)13(16)14(20)18-10-5-6-11(15)12(7-10)17-9(3)19/h5-8,13H,4,16H2,1-3H3,(H,17,19)(H,18,20)/t8-,13-/m0/s1. The van der Waals surface area contributed by atoms with Crippen LogP contribution >= 0.6 is 0 Å². The number of nitrogens with two attached hydrogens (primary N) is 1. The summed E-state index contributed by atoms with van der Waals surface area (Å²) < 4.78 is 13.5. The molecule has 1 rings (SSSR count). The van der Waals surface area contributed by atoms with Crippen LogP contribution in [0.15, 0.2) is 18.2 Å². The third-order valence-corrected chi connectivity index (χ3v) is 3.10. The van der Waals surface area contributed by atoms with Crippen molar-refractivity contribution in [3.63, 3.8) is 0 Å². The highest BCUT2D eigenvalue weighted by Gasteiger charge is 2.19. The molecule has 20 heavy (non-hydrogen) atoms. The fourth-order valence-corrected chi connectivity index (χ4v) is 1.63. The first-order chi connectivity index (χ1) is 9.35. The summed E-state index contributed by atoms with van der Waals surface area (Å²) in [5, 5.41) is 4.97. The van der Waals surface area contributed by atoms with E-state index in [1.54, 1.807) is 0 Å². The van der Waals surface area contributed by atoms with E-state index in [-0.39, 0.29) is 23.4 Å². The first kappa shape index (κ1) is 16.1. The Kier molecular flexibility index (Phi) is 5.64. The van der Waals surface area contributed by atoms with Gasteiger partial charge in [0.25, 0.3) is 0 Å². The zero-order valence-electron chi connectivity index (χ0n) is 11.9. The van der Waals surface area contributed by atoms with Gasteiger partial charge in [-0.25, -0.2) is 4.39 Å². The molecule has 0 fully saturated rings. The van der Waals surface area contributed by atoms with E-state index < -0.39 is 11.9 Å². The van der Waals surface area contributed by atoms with Crippen molar-refractivity contribution in [1.82, 2.24) is 0 Å². The number of amides is 2. The summed E-state index contributed by atoms with van der Waals surface area (Å²) in [5.74, 6) is -1.24. The molecule has 0 saturated carbocycles. The SMILES string of the molecule is CC[C@H](C)[C@H](N)C(=O)Nc1ccc(F)c(NC(C)=O)c1. The van der Waals surface area contributed by atoms with Crippen LogP contribution in [-0.2, 0) is 9.59 Å². The molecule has 0 unspecified atom stereocenters. The molecule has 2 amide bonds. The highest BCUT2D eigenvalue weighted by molar-refractivity contribution is 5.96. The highest BCUT2D eigenvalue weighted by Crippen LogP contribution is 2.20. The van der Waals surface area contributed by atoms with Crippen LogP contribution in [0.1, 0.15) is 27.2 Å². The second-order valence-electron chi connectivity index (χ2n) is 4.78. The monoisotopic (exact) mass is 281 g/mol. The minimum Gasteiger partial charge on any atom is -0.325 e. The molecule has 6 heteroatoms.